The number of amides is 1. The molecular formula is C19H25NO3. The molecule has 0 radical (unpaired) electrons. The maximum Gasteiger partial charge on any atom is 0.310 e. The van der Waals surface area contributed by atoms with Crippen molar-refractivity contribution >= 4 is 11.9 Å². The van der Waals surface area contributed by atoms with Gasteiger partial charge in [0, 0.05) is 18.4 Å². The predicted octanol–water partition coefficient (Wildman–Crippen LogP) is 3.26. The molecule has 4 nitrogen and oxygen atoms in total. The summed E-state index contributed by atoms with van der Waals surface area (Å²) < 4.78 is 0. The zero-order chi connectivity index (χ0) is 16.3. The fourth-order valence-electron chi connectivity index (χ4n) is 4.12. The summed E-state index contributed by atoms with van der Waals surface area (Å²) >= 11 is 0. The summed E-state index contributed by atoms with van der Waals surface area (Å²) in [5.74, 6) is -0.938. The van der Waals surface area contributed by atoms with Crippen molar-refractivity contribution in [2.24, 2.45) is 5.41 Å². The summed E-state index contributed by atoms with van der Waals surface area (Å²) in [7, 11) is 0. The highest BCUT2D eigenvalue weighted by molar-refractivity contribution is 5.85. The molecule has 0 bridgehead atoms. The minimum atomic E-state index is -0.822. The van der Waals surface area contributed by atoms with Crippen LogP contribution in [0, 0.1) is 5.41 Å². The van der Waals surface area contributed by atoms with Crippen LogP contribution in [0.15, 0.2) is 30.3 Å². The van der Waals surface area contributed by atoms with Crippen LogP contribution in [-0.2, 0) is 15.0 Å². The Morgan fingerprint density at radius 2 is 1.65 bits per heavy atom. The van der Waals surface area contributed by atoms with Crippen LogP contribution < -0.4 is 5.32 Å². The van der Waals surface area contributed by atoms with E-state index in [2.05, 4.69) is 17.4 Å². The van der Waals surface area contributed by atoms with Crippen molar-refractivity contribution in [3.8, 4) is 0 Å². The van der Waals surface area contributed by atoms with Crippen LogP contribution in [0.4, 0.5) is 0 Å². The number of carbonyl (C=O) groups excluding carboxylic acids is 1. The lowest BCUT2D eigenvalue weighted by Gasteiger charge is -2.37. The quantitative estimate of drug-likeness (QED) is 0.847. The van der Waals surface area contributed by atoms with Crippen LogP contribution in [0.3, 0.4) is 0 Å². The van der Waals surface area contributed by atoms with E-state index in [-0.39, 0.29) is 17.7 Å². The maximum atomic E-state index is 12.3. The van der Waals surface area contributed by atoms with Gasteiger partial charge in [-0.15, -0.1) is 0 Å². The number of benzene rings is 1. The molecule has 0 saturated heterocycles. The van der Waals surface area contributed by atoms with E-state index in [1.165, 1.54) is 18.4 Å². The van der Waals surface area contributed by atoms with E-state index in [1.54, 1.807) is 0 Å². The molecule has 0 atom stereocenters. The van der Waals surface area contributed by atoms with Gasteiger partial charge in [-0.25, -0.2) is 0 Å². The Bertz CT molecular complexity index is 572. The van der Waals surface area contributed by atoms with E-state index in [9.17, 15) is 14.7 Å². The fourth-order valence-corrected chi connectivity index (χ4v) is 4.12. The molecule has 0 unspecified atom stereocenters. The van der Waals surface area contributed by atoms with Gasteiger partial charge in [0.15, 0.2) is 0 Å². The number of aliphatic carboxylic acids is 1. The number of hydrogen-bond acceptors (Lipinski definition) is 2. The van der Waals surface area contributed by atoms with Gasteiger partial charge in [-0.05, 0) is 31.2 Å². The van der Waals surface area contributed by atoms with Gasteiger partial charge in [-0.1, -0.05) is 49.6 Å². The Morgan fingerprint density at radius 3 is 2.17 bits per heavy atom. The van der Waals surface area contributed by atoms with E-state index in [0.29, 0.717) is 19.4 Å². The van der Waals surface area contributed by atoms with Gasteiger partial charge in [-0.3, -0.25) is 9.59 Å². The van der Waals surface area contributed by atoms with E-state index in [4.69, 9.17) is 0 Å². The third kappa shape index (κ3) is 3.12. The van der Waals surface area contributed by atoms with Gasteiger partial charge in [0.2, 0.25) is 5.91 Å². The highest BCUT2D eigenvalue weighted by Gasteiger charge is 2.46. The molecule has 2 aliphatic carbocycles. The van der Waals surface area contributed by atoms with Gasteiger partial charge < -0.3 is 10.4 Å². The van der Waals surface area contributed by atoms with Crippen LogP contribution in [0.25, 0.3) is 0 Å². The standard InChI is InChI=1S/C19H25NO3/c21-16(13-18(17(22)23)11-6-12-18)20-14-19(9-4-5-10-19)15-7-2-1-3-8-15/h1-3,7-8H,4-6,9-14H2,(H,20,21)(H,22,23). The van der Waals surface area contributed by atoms with Crippen molar-refractivity contribution in [2.75, 3.05) is 6.54 Å². The molecule has 1 aromatic rings. The first-order chi connectivity index (χ1) is 11.1. The number of carboxylic acids is 1. The van der Waals surface area contributed by atoms with E-state index < -0.39 is 11.4 Å². The molecule has 124 valence electrons. The van der Waals surface area contributed by atoms with Gasteiger partial charge in [0.1, 0.15) is 0 Å². The van der Waals surface area contributed by atoms with Gasteiger partial charge in [-0.2, -0.15) is 0 Å². The smallest absolute Gasteiger partial charge is 0.310 e. The third-order valence-electron chi connectivity index (χ3n) is 5.83. The molecule has 1 aromatic carbocycles. The monoisotopic (exact) mass is 315 g/mol. The Balaban J connectivity index is 1.64. The lowest BCUT2D eigenvalue weighted by molar-refractivity contribution is -0.157. The molecule has 2 saturated carbocycles. The molecule has 0 aliphatic heterocycles. The van der Waals surface area contributed by atoms with Crippen molar-refractivity contribution in [3.05, 3.63) is 35.9 Å². The van der Waals surface area contributed by atoms with Gasteiger partial charge in [0.25, 0.3) is 0 Å². The van der Waals surface area contributed by atoms with Crippen molar-refractivity contribution in [1.82, 2.24) is 5.32 Å². The summed E-state index contributed by atoms with van der Waals surface area (Å²) in [6, 6.07) is 10.4. The first kappa shape index (κ1) is 16.0. The second-order valence-electron chi connectivity index (χ2n) is 7.25. The highest BCUT2D eigenvalue weighted by Crippen LogP contribution is 2.44. The molecule has 1 amide bonds. The normalized spacial score (nSPS) is 21.4. The molecule has 2 fully saturated rings. The van der Waals surface area contributed by atoms with Crippen molar-refractivity contribution in [2.45, 2.75) is 56.8 Å². The summed E-state index contributed by atoms with van der Waals surface area (Å²) in [6.45, 7) is 0.617. The topological polar surface area (TPSA) is 66.4 Å². The number of carbonyl (C=O) groups is 2. The lowest BCUT2D eigenvalue weighted by atomic mass is 9.66. The molecule has 0 spiro atoms. The Labute approximate surface area is 137 Å². The molecule has 23 heavy (non-hydrogen) atoms. The first-order valence-electron chi connectivity index (χ1n) is 8.62. The highest BCUT2D eigenvalue weighted by atomic mass is 16.4. The number of nitrogens with one attached hydrogen (secondary N) is 1. The summed E-state index contributed by atoms with van der Waals surface area (Å²) in [4.78, 5) is 23.7. The number of carboxylic acid groups (broad SMARTS) is 1. The predicted molar refractivity (Wildman–Crippen MR) is 88.1 cm³/mol. The minimum absolute atomic E-state index is 0.0208. The molecular weight excluding hydrogens is 290 g/mol. The average molecular weight is 315 g/mol. The van der Waals surface area contributed by atoms with E-state index in [0.717, 1.165) is 19.3 Å². The van der Waals surface area contributed by atoms with Crippen LogP contribution in [0.5, 0.6) is 0 Å². The summed E-state index contributed by atoms with van der Waals surface area (Å²) in [5.41, 5.74) is 0.501. The third-order valence-corrected chi connectivity index (χ3v) is 5.83. The van der Waals surface area contributed by atoms with Crippen molar-refractivity contribution in [1.29, 1.82) is 0 Å². The number of hydrogen-bond donors (Lipinski definition) is 2. The second kappa shape index (κ2) is 6.34. The van der Waals surface area contributed by atoms with E-state index in [1.807, 2.05) is 18.2 Å². The van der Waals surface area contributed by atoms with E-state index >= 15 is 0 Å². The van der Waals surface area contributed by atoms with Crippen LogP contribution in [0.2, 0.25) is 0 Å². The Morgan fingerprint density at radius 1 is 1.00 bits per heavy atom. The van der Waals surface area contributed by atoms with Gasteiger partial charge >= 0.3 is 5.97 Å². The van der Waals surface area contributed by atoms with Crippen molar-refractivity contribution < 1.29 is 14.7 Å². The van der Waals surface area contributed by atoms with Crippen LogP contribution in [-0.4, -0.2) is 23.5 Å². The maximum absolute atomic E-state index is 12.3. The largest absolute Gasteiger partial charge is 0.481 e. The molecule has 3 rings (SSSR count). The van der Waals surface area contributed by atoms with Crippen LogP contribution >= 0.6 is 0 Å². The molecule has 2 aliphatic rings. The minimum Gasteiger partial charge on any atom is -0.481 e. The molecule has 4 heteroatoms. The lowest BCUT2D eigenvalue weighted by Crippen LogP contribution is -2.45. The van der Waals surface area contributed by atoms with Gasteiger partial charge in [0.05, 0.1) is 5.41 Å². The van der Waals surface area contributed by atoms with Crippen molar-refractivity contribution in [3.63, 3.8) is 0 Å². The first-order valence-corrected chi connectivity index (χ1v) is 8.62. The fraction of sp³-hybridized carbons (Fsp3) is 0.579. The Hall–Kier alpha value is -1.84. The zero-order valence-electron chi connectivity index (χ0n) is 13.5. The SMILES string of the molecule is O=C(CC1(C(=O)O)CCC1)NCC1(c2ccccc2)CCCC1. The molecule has 0 heterocycles. The van der Waals surface area contributed by atoms with Crippen LogP contribution in [0.1, 0.15) is 56.9 Å². The summed E-state index contributed by atoms with van der Waals surface area (Å²) in [6.07, 6.45) is 6.82. The zero-order valence-corrected chi connectivity index (χ0v) is 13.5. The number of rotatable bonds is 6. The second-order valence-corrected chi connectivity index (χ2v) is 7.25. The molecule has 2 N–H and O–H groups in total. The Kier molecular flexibility index (Phi) is 4.42. The average Bonchev–Trinajstić information content (AvgIpc) is 2.99. The summed E-state index contributed by atoms with van der Waals surface area (Å²) in [5, 5.41) is 12.4. The molecule has 0 aromatic heterocycles.